The van der Waals surface area contributed by atoms with Crippen molar-refractivity contribution in [3.63, 3.8) is 0 Å². The van der Waals surface area contributed by atoms with Gasteiger partial charge < -0.3 is 5.32 Å². The number of halogens is 6. The topological polar surface area (TPSA) is 29.1 Å². The molecule has 0 bridgehead atoms. The molecule has 2 nitrogen and oxygen atoms in total. The second-order valence-corrected chi connectivity index (χ2v) is 4.44. The maximum absolute atomic E-state index is 12.7. The average molecular weight is 299 g/mol. The highest BCUT2D eigenvalue weighted by Crippen LogP contribution is 2.50. The Morgan fingerprint density at radius 1 is 1.05 bits per heavy atom. The van der Waals surface area contributed by atoms with Crippen molar-refractivity contribution in [3.8, 4) is 0 Å². The SMILES string of the molecule is Cc1cccc(NC(=O)C(C)(C(F)(F)F)C(F)(F)F)c1. The van der Waals surface area contributed by atoms with Gasteiger partial charge in [0.25, 0.3) is 0 Å². The van der Waals surface area contributed by atoms with Crippen molar-refractivity contribution in [3.05, 3.63) is 29.8 Å². The van der Waals surface area contributed by atoms with Gasteiger partial charge in [-0.25, -0.2) is 0 Å². The summed E-state index contributed by atoms with van der Waals surface area (Å²) in [4.78, 5) is 11.5. The van der Waals surface area contributed by atoms with E-state index in [1.807, 2.05) is 0 Å². The van der Waals surface area contributed by atoms with E-state index in [4.69, 9.17) is 0 Å². The van der Waals surface area contributed by atoms with Gasteiger partial charge in [0.1, 0.15) is 0 Å². The molecule has 1 rings (SSSR count). The second kappa shape index (κ2) is 4.99. The number of hydrogen-bond acceptors (Lipinski definition) is 1. The number of alkyl halides is 6. The van der Waals surface area contributed by atoms with Crippen LogP contribution in [0, 0.1) is 12.3 Å². The third kappa shape index (κ3) is 2.88. The number of carbonyl (C=O) groups is 1. The van der Waals surface area contributed by atoms with Crippen molar-refractivity contribution >= 4 is 11.6 Å². The number of anilines is 1. The molecule has 0 aliphatic carbocycles. The Balaban J connectivity index is 3.15. The molecule has 1 amide bonds. The molecule has 8 heteroatoms. The number of benzene rings is 1. The Kier molecular flexibility index (Phi) is 4.07. The fraction of sp³-hybridized carbons (Fsp3) is 0.417. The predicted molar refractivity (Wildman–Crippen MR) is 60.0 cm³/mol. The highest BCUT2D eigenvalue weighted by molar-refractivity contribution is 5.96. The van der Waals surface area contributed by atoms with Crippen LogP contribution < -0.4 is 5.32 Å². The van der Waals surface area contributed by atoms with E-state index in [1.165, 1.54) is 18.2 Å². The zero-order chi connectivity index (χ0) is 15.8. The summed E-state index contributed by atoms with van der Waals surface area (Å²) >= 11 is 0. The lowest BCUT2D eigenvalue weighted by atomic mass is 9.87. The van der Waals surface area contributed by atoms with Crippen LogP contribution >= 0.6 is 0 Å². The van der Waals surface area contributed by atoms with E-state index in [9.17, 15) is 31.1 Å². The normalized spacial score (nSPS) is 13.2. The molecule has 0 aliphatic rings. The monoisotopic (exact) mass is 299 g/mol. The number of aryl methyl sites for hydroxylation is 1. The molecule has 0 aromatic heterocycles. The minimum atomic E-state index is -5.75. The Hall–Kier alpha value is -1.73. The summed E-state index contributed by atoms with van der Waals surface area (Å²) in [6, 6.07) is 5.47. The largest absolute Gasteiger partial charge is 0.411 e. The molecule has 0 heterocycles. The van der Waals surface area contributed by atoms with Crippen LogP contribution in [-0.2, 0) is 4.79 Å². The zero-order valence-corrected chi connectivity index (χ0v) is 10.5. The molecular formula is C12H11F6NO. The first-order valence-corrected chi connectivity index (χ1v) is 5.41. The van der Waals surface area contributed by atoms with Crippen LogP contribution in [0.25, 0.3) is 0 Å². The van der Waals surface area contributed by atoms with Crippen molar-refractivity contribution in [2.45, 2.75) is 26.2 Å². The van der Waals surface area contributed by atoms with E-state index < -0.39 is 23.7 Å². The summed E-state index contributed by atoms with van der Waals surface area (Å²) in [7, 11) is 0. The maximum atomic E-state index is 12.7. The van der Waals surface area contributed by atoms with Crippen molar-refractivity contribution in [1.82, 2.24) is 0 Å². The lowest BCUT2D eigenvalue weighted by molar-refractivity contribution is -0.317. The van der Waals surface area contributed by atoms with Gasteiger partial charge in [-0.15, -0.1) is 0 Å². The van der Waals surface area contributed by atoms with E-state index >= 15 is 0 Å². The molecule has 0 atom stereocenters. The van der Waals surface area contributed by atoms with Crippen LogP contribution in [0.15, 0.2) is 24.3 Å². The molecule has 1 N–H and O–H groups in total. The van der Waals surface area contributed by atoms with Crippen LogP contribution in [0.1, 0.15) is 12.5 Å². The van der Waals surface area contributed by atoms with Gasteiger partial charge in [-0.05, 0) is 31.5 Å². The lowest BCUT2D eigenvalue weighted by Crippen LogP contribution is -2.55. The quantitative estimate of drug-likeness (QED) is 0.820. The summed E-state index contributed by atoms with van der Waals surface area (Å²) < 4.78 is 75.9. The van der Waals surface area contributed by atoms with E-state index in [-0.39, 0.29) is 12.6 Å². The van der Waals surface area contributed by atoms with Crippen molar-refractivity contribution < 1.29 is 31.1 Å². The Labute approximate surface area is 110 Å². The Morgan fingerprint density at radius 3 is 1.95 bits per heavy atom. The van der Waals surface area contributed by atoms with E-state index in [1.54, 1.807) is 18.3 Å². The highest BCUT2D eigenvalue weighted by atomic mass is 19.4. The molecule has 1 aromatic rings. The molecule has 112 valence electrons. The second-order valence-electron chi connectivity index (χ2n) is 4.44. The maximum Gasteiger partial charge on any atom is 0.411 e. The van der Waals surface area contributed by atoms with Gasteiger partial charge in [0, 0.05) is 5.69 Å². The minimum absolute atomic E-state index is 0.130. The molecule has 0 saturated carbocycles. The number of nitrogens with one attached hydrogen (secondary N) is 1. The van der Waals surface area contributed by atoms with Gasteiger partial charge in [0.2, 0.25) is 11.3 Å². The van der Waals surface area contributed by atoms with Crippen LogP contribution in [0.4, 0.5) is 32.0 Å². The molecule has 0 unspecified atom stereocenters. The van der Waals surface area contributed by atoms with Crippen LogP contribution in [-0.4, -0.2) is 18.3 Å². The Morgan fingerprint density at radius 2 is 1.55 bits per heavy atom. The number of rotatable bonds is 2. The van der Waals surface area contributed by atoms with Crippen molar-refractivity contribution in [2.75, 3.05) is 5.32 Å². The van der Waals surface area contributed by atoms with Crippen LogP contribution in [0.2, 0.25) is 0 Å². The number of hydrogen-bond donors (Lipinski definition) is 1. The average Bonchev–Trinajstić information content (AvgIpc) is 2.24. The molecule has 0 radical (unpaired) electrons. The lowest BCUT2D eigenvalue weighted by Gasteiger charge is -2.32. The van der Waals surface area contributed by atoms with Gasteiger partial charge >= 0.3 is 12.4 Å². The number of amides is 1. The van der Waals surface area contributed by atoms with Gasteiger partial charge in [-0.2, -0.15) is 26.3 Å². The van der Waals surface area contributed by atoms with E-state index in [0.717, 1.165) is 0 Å². The fourth-order valence-electron chi connectivity index (χ4n) is 1.40. The van der Waals surface area contributed by atoms with Crippen molar-refractivity contribution in [2.24, 2.45) is 5.41 Å². The first kappa shape index (κ1) is 16.3. The standard InChI is InChI=1S/C12H11F6NO/c1-7-4-3-5-8(6-7)19-9(20)10(2,11(13,14)15)12(16,17)18/h3-6H,1-2H3,(H,19,20). The van der Waals surface area contributed by atoms with Crippen LogP contribution in [0.5, 0.6) is 0 Å². The van der Waals surface area contributed by atoms with E-state index in [0.29, 0.717) is 5.56 Å². The summed E-state index contributed by atoms with van der Waals surface area (Å²) in [5.41, 5.74) is -4.01. The first-order valence-electron chi connectivity index (χ1n) is 5.41. The summed E-state index contributed by atoms with van der Waals surface area (Å²) in [6.07, 6.45) is -11.5. The molecule has 0 spiro atoms. The summed E-state index contributed by atoms with van der Waals surface area (Å²) in [5.74, 6) is -2.16. The Bertz CT molecular complexity index is 491. The smallest absolute Gasteiger partial charge is 0.325 e. The van der Waals surface area contributed by atoms with Crippen molar-refractivity contribution in [1.29, 1.82) is 0 Å². The third-order valence-electron chi connectivity index (χ3n) is 2.86. The summed E-state index contributed by atoms with van der Waals surface area (Å²) in [6.45, 7) is 1.40. The zero-order valence-electron chi connectivity index (χ0n) is 10.5. The van der Waals surface area contributed by atoms with Gasteiger partial charge in [-0.3, -0.25) is 4.79 Å². The summed E-state index contributed by atoms with van der Waals surface area (Å²) in [5, 5.41) is 1.66. The molecular weight excluding hydrogens is 288 g/mol. The molecule has 0 fully saturated rings. The van der Waals surface area contributed by atoms with E-state index in [2.05, 4.69) is 0 Å². The molecule has 20 heavy (non-hydrogen) atoms. The highest BCUT2D eigenvalue weighted by Gasteiger charge is 2.72. The van der Waals surface area contributed by atoms with Crippen LogP contribution in [0.3, 0.4) is 0 Å². The van der Waals surface area contributed by atoms with Gasteiger partial charge in [0.05, 0.1) is 0 Å². The minimum Gasteiger partial charge on any atom is -0.325 e. The first-order chi connectivity index (χ1) is 8.89. The van der Waals surface area contributed by atoms with Gasteiger partial charge in [0.15, 0.2) is 0 Å². The third-order valence-corrected chi connectivity index (χ3v) is 2.86. The molecule has 0 aliphatic heterocycles. The van der Waals surface area contributed by atoms with Gasteiger partial charge in [-0.1, -0.05) is 12.1 Å². The molecule has 0 saturated heterocycles. The molecule has 1 aromatic carbocycles. The number of carbonyl (C=O) groups excluding carboxylic acids is 1. The fourth-order valence-corrected chi connectivity index (χ4v) is 1.40. The predicted octanol–water partition coefficient (Wildman–Crippen LogP) is 4.06.